The van der Waals surface area contributed by atoms with Crippen LogP contribution < -0.4 is 5.32 Å². The smallest absolute Gasteiger partial charge is 0.342 e. The van der Waals surface area contributed by atoms with E-state index in [1.54, 1.807) is 30.4 Å². The van der Waals surface area contributed by atoms with Crippen LogP contribution in [0.4, 0.5) is 0 Å². The highest BCUT2D eigenvalue weighted by molar-refractivity contribution is 5.94. The second kappa shape index (κ2) is 13.3. The number of hydrogen-bond donors (Lipinski definition) is 3. The van der Waals surface area contributed by atoms with Crippen LogP contribution >= 0.6 is 0 Å². The van der Waals surface area contributed by atoms with Crippen molar-refractivity contribution in [3.8, 4) is 5.75 Å². The number of carbonyl (C=O) groups excluding carboxylic acids is 2. The van der Waals surface area contributed by atoms with Crippen molar-refractivity contribution in [2.45, 2.75) is 58.2 Å². The third kappa shape index (κ3) is 8.19. The number of aliphatic hydroxyl groups is 1. The lowest BCUT2D eigenvalue weighted by Crippen LogP contribution is -2.28. The van der Waals surface area contributed by atoms with Crippen molar-refractivity contribution in [3.63, 3.8) is 0 Å². The third-order valence-corrected chi connectivity index (χ3v) is 5.25. The molecule has 1 amide bonds. The number of esters is 1. The summed E-state index contributed by atoms with van der Waals surface area (Å²) in [4.78, 5) is 24.6. The number of phenols is 1. The Bertz CT molecular complexity index is 884. The molecule has 0 unspecified atom stereocenters. The molecule has 2 rings (SSSR count). The van der Waals surface area contributed by atoms with E-state index in [9.17, 15) is 19.8 Å². The molecule has 3 atom stereocenters. The Kier molecular flexibility index (Phi) is 10.5. The molecule has 0 aliphatic carbocycles. The molecule has 0 saturated carbocycles. The van der Waals surface area contributed by atoms with Crippen molar-refractivity contribution in [2.75, 3.05) is 0 Å². The zero-order valence-corrected chi connectivity index (χ0v) is 18.7. The van der Waals surface area contributed by atoms with Crippen LogP contribution in [0.3, 0.4) is 0 Å². The number of amides is 1. The molecule has 3 N–H and O–H groups in total. The first kappa shape index (κ1) is 25.1. The van der Waals surface area contributed by atoms with Gasteiger partial charge in [-0.25, -0.2) is 4.79 Å². The zero-order valence-electron chi connectivity index (χ0n) is 18.7. The molecule has 1 heterocycles. The highest BCUT2D eigenvalue weighted by atomic mass is 16.5. The molecular formula is C26H33NO5. The Morgan fingerprint density at radius 1 is 1.25 bits per heavy atom. The van der Waals surface area contributed by atoms with E-state index < -0.39 is 18.2 Å². The van der Waals surface area contributed by atoms with E-state index in [2.05, 4.69) is 5.32 Å². The van der Waals surface area contributed by atoms with Crippen LogP contribution in [0.15, 0.2) is 66.9 Å². The average Bonchev–Trinajstić information content (AvgIpc) is 2.76. The van der Waals surface area contributed by atoms with Crippen LogP contribution in [0.5, 0.6) is 5.75 Å². The van der Waals surface area contributed by atoms with Crippen LogP contribution in [-0.4, -0.2) is 34.3 Å². The minimum atomic E-state index is -0.656. The monoisotopic (exact) mass is 439 g/mol. The molecule has 0 spiro atoms. The zero-order chi connectivity index (χ0) is 23.3. The van der Waals surface area contributed by atoms with Gasteiger partial charge in [-0.05, 0) is 36.8 Å². The van der Waals surface area contributed by atoms with E-state index in [0.717, 1.165) is 6.42 Å². The van der Waals surface area contributed by atoms with Gasteiger partial charge in [0.05, 0.1) is 6.10 Å². The van der Waals surface area contributed by atoms with E-state index >= 15 is 0 Å². The number of aromatic hydroxyl groups is 1. The Hall–Kier alpha value is -3.12. The maximum Gasteiger partial charge on any atom is 0.342 e. The van der Waals surface area contributed by atoms with Gasteiger partial charge < -0.3 is 20.3 Å². The van der Waals surface area contributed by atoms with Crippen LogP contribution in [0.1, 0.15) is 55.5 Å². The molecule has 0 bridgehead atoms. The van der Waals surface area contributed by atoms with Gasteiger partial charge in [0.1, 0.15) is 17.4 Å². The normalized spacial score (nSPS) is 23.5. The number of carbonyl (C=O) groups is 2. The van der Waals surface area contributed by atoms with Gasteiger partial charge in [-0.15, -0.1) is 0 Å². The van der Waals surface area contributed by atoms with Gasteiger partial charge in [0.2, 0.25) is 5.91 Å². The summed E-state index contributed by atoms with van der Waals surface area (Å²) in [6.45, 7) is 3.96. The summed E-state index contributed by atoms with van der Waals surface area (Å²) >= 11 is 0. The first-order chi connectivity index (χ1) is 15.4. The van der Waals surface area contributed by atoms with Gasteiger partial charge >= 0.3 is 5.97 Å². The molecule has 1 aliphatic rings. The van der Waals surface area contributed by atoms with Crippen molar-refractivity contribution < 1.29 is 24.5 Å². The lowest BCUT2D eigenvalue weighted by atomic mass is 9.93. The Morgan fingerprint density at radius 3 is 2.84 bits per heavy atom. The number of fused-ring (bicyclic) bond motifs is 1. The SMILES string of the molecule is CC/C=C\C=C/C(=O)N/C=C\C[C@@H]1C[C@@H](O)[C@H](C)C/C=C/Cc2cccc(O)c2C(=O)O1. The van der Waals surface area contributed by atoms with Gasteiger partial charge in [0.25, 0.3) is 0 Å². The van der Waals surface area contributed by atoms with E-state index in [-0.39, 0.29) is 29.6 Å². The fourth-order valence-electron chi connectivity index (χ4n) is 3.34. The fourth-order valence-corrected chi connectivity index (χ4v) is 3.34. The second-order valence-electron chi connectivity index (χ2n) is 7.87. The summed E-state index contributed by atoms with van der Waals surface area (Å²) in [5.41, 5.74) is 0.832. The lowest BCUT2D eigenvalue weighted by Gasteiger charge is -2.24. The Labute approximate surface area is 190 Å². The van der Waals surface area contributed by atoms with Crippen molar-refractivity contribution in [3.05, 3.63) is 78.1 Å². The lowest BCUT2D eigenvalue weighted by molar-refractivity contribution is -0.115. The highest BCUT2D eigenvalue weighted by Gasteiger charge is 2.25. The molecule has 172 valence electrons. The molecule has 0 aromatic heterocycles. The van der Waals surface area contributed by atoms with Gasteiger partial charge in [0, 0.05) is 25.1 Å². The standard InChI is InChI=1S/C26H33NO5/c1-3-4-5-6-16-24(30)27-17-10-14-21-18-23(29)19(2)11-7-8-12-20-13-9-15-22(28)25(20)26(31)32-21/h4-10,13,15-17,19,21,23,28-29H,3,11-12,14,18H2,1-2H3,(H,27,30)/b5-4-,8-7+,16-6-,17-10-/t19-,21-,23-/m1/s1. The number of aliphatic hydroxyl groups excluding tert-OH is 1. The van der Waals surface area contributed by atoms with Crippen LogP contribution in [0.25, 0.3) is 0 Å². The fraction of sp³-hybridized carbons (Fsp3) is 0.385. The molecule has 1 aromatic rings. The minimum Gasteiger partial charge on any atom is -0.507 e. The summed E-state index contributed by atoms with van der Waals surface area (Å²) in [6, 6.07) is 4.95. The first-order valence-electron chi connectivity index (χ1n) is 11.1. The summed E-state index contributed by atoms with van der Waals surface area (Å²) in [7, 11) is 0. The maximum absolute atomic E-state index is 12.9. The second-order valence-corrected chi connectivity index (χ2v) is 7.87. The van der Waals surface area contributed by atoms with Gasteiger partial charge in [-0.3, -0.25) is 4.79 Å². The highest BCUT2D eigenvalue weighted by Crippen LogP contribution is 2.26. The third-order valence-electron chi connectivity index (χ3n) is 5.25. The van der Waals surface area contributed by atoms with E-state index in [4.69, 9.17) is 4.74 Å². The molecule has 0 radical (unpaired) electrons. The van der Waals surface area contributed by atoms with Gasteiger partial charge in [0.15, 0.2) is 0 Å². The number of phenolic OH excluding ortho intramolecular Hbond substituents is 1. The Morgan fingerprint density at radius 2 is 2.06 bits per heavy atom. The number of benzene rings is 1. The molecule has 1 aromatic carbocycles. The largest absolute Gasteiger partial charge is 0.507 e. The van der Waals surface area contributed by atoms with E-state index in [1.165, 1.54) is 18.3 Å². The molecule has 1 aliphatic heterocycles. The maximum atomic E-state index is 12.9. The number of allylic oxidation sites excluding steroid dienone is 5. The number of rotatable bonds is 6. The van der Waals surface area contributed by atoms with Crippen LogP contribution in [0, 0.1) is 5.92 Å². The molecule has 0 fully saturated rings. The summed E-state index contributed by atoms with van der Waals surface area (Å²) in [6.07, 6.45) is 15.3. The van der Waals surface area contributed by atoms with E-state index in [0.29, 0.717) is 24.8 Å². The van der Waals surface area contributed by atoms with Crippen LogP contribution in [-0.2, 0) is 16.0 Å². The predicted molar refractivity (Wildman–Crippen MR) is 125 cm³/mol. The average molecular weight is 440 g/mol. The van der Waals surface area contributed by atoms with Crippen molar-refractivity contribution in [2.24, 2.45) is 5.92 Å². The predicted octanol–water partition coefficient (Wildman–Crippen LogP) is 4.35. The summed E-state index contributed by atoms with van der Waals surface area (Å²) < 4.78 is 5.68. The van der Waals surface area contributed by atoms with Gasteiger partial charge in [-0.2, -0.15) is 0 Å². The number of ether oxygens (including phenoxy) is 1. The quantitative estimate of drug-likeness (QED) is 0.265. The molecular weight excluding hydrogens is 406 g/mol. The number of cyclic esters (lactones) is 1. The first-order valence-corrected chi connectivity index (χ1v) is 11.1. The van der Waals surface area contributed by atoms with Gasteiger partial charge in [-0.1, -0.05) is 62.4 Å². The molecule has 6 heteroatoms. The van der Waals surface area contributed by atoms with Crippen LogP contribution in [0.2, 0.25) is 0 Å². The topological polar surface area (TPSA) is 95.9 Å². The molecule has 0 saturated heterocycles. The van der Waals surface area contributed by atoms with Crippen molar-refractivity contribution in [1.29, 1.82) is 0 Å². The Balaban J connectivity index is 2.11. The number of hydrogen-bond acceptors (Lipinski definition) is 5. The molecule has 32 heavy (non-hydrogen) atoms. The van der Waals surface area contributed by atoms with Crippen molar-refractivity contribution >= 4 is 11.9 Å². The molecule has 6 nitrogen and oxygen atoms in total. The summed E-state index contributed by atoms with van der Waals surface area (Å²) in [5, 5.41) is 23.4. The van der Waals surface area contributed by atoms with E-state index in [1.807, 2.05) is 32.1 Å². The van der Waals surface area contributed by atoms with Crippen molar-refractivity contribution in [1.82, 2.24) is 5.32 Å². The number of nitrogens with one attached hydrogen (secondary N) is 1. The minimum absolute atomic E-state index is 0.000482. The summed E-state index contributed by atoms with van der Waals surface area (Å²) in [5.74, 6) is -1.02.